The predicted octanol–water partition coefficient (Wildman–Crippen LogP) is 4.55. The number of amides is 1. The van der Waals surface area contributed by atoms with Gasteiger partial charge in [0.05, 0.1) is 24.0 Å². The molecule has 1 N–H and O–H groups in total. The Morgan fingerprint density at radius 1 is 1.39 bits per heavy atom. The minimum Gasteiger partial charge on any atom is -0.495 e. The molecule has 0 aliphatic rings. The lowest BCUT2D eigenvalue weighted by Crippen LogP contribution is -2.15. The van der Waals surface area contributed by atoms with Crippen molar-refractivity contribution in [2.75, 3.05) is 18.2 Å². The number of nitrogens with one attached hydrogen (secondary N) is 1. The molecule has 23 heavy (non-hydrogen) atoms. The Labute approximate surface area is 148 Å². The van der Waals surface area contributed by atoms with Crippen LogP contribution in [0.15, 0.2) is 29.6 Å². The molecule has 1 aromatic heterocycles. The highest BCUT2D eigenvalue weighted by Gasteiger charge is 2.16. The van der Waals surface area contributed by atoms with Crippen LogP contribution in [0, 0.1) is 0 Å². The average Bonchev–Trinajstić information content (AvgIpc) is 2.54. The zero-order chi connectivity index (χ0) is 16.8. The first-order chi connectivity index (χ1) is 11.0. The Morgan fingerprint density at radius 2 is 2.17 bits per heavy atom. The Morgan fingerprint density at radius 3 is 2.87 bits per heavy atom. The molecule has 0 unspecified atom stereocenters. The minimum absolute atomic E-state index is 0.113. The van der Waals surface area contributed by atoms with Crippen LogP contribution in [0.2, 0.25) is 10.0 Å². The summed E-state index contributed by atoms with van der Waals surface area (Å²) < 4.78 is 5.20. The molecule has 2 aromatic rings. The van der Waals surface area contributed by atoms with E-state index in [4.69, 9.17) is 27.9 Å². The fourth-order valence-corrected chi connectivity index (χ4v) is 2.75. The van der Waals surface area contributed by atoms with Gasteiger partial charge in [0, 0.05) is 10.8 Å². The largest absolute Gasteiger partial charge is 0.495 e. The third-order valence-corrected chi connectivity index (χ3v) is 4.36. The Balaban J connectivity index is 2.25. The van der Waals surface area contributed by atoms with E-state index in [1.54, 1.807) is 18.2 Å². The number of carbonyl (C=O) groups is 1. The highest BCUT2D eigenvalue weighted by Crippen LogP contribution is 2.28. The molecule has 0 aliphatic heterocycles. The number of hydrogen-bond acceptors (Lipinski definition) is 5. The van der Waals surface area contributed by atoms with Crippen LogP contribution in [-0.4, -0.2) is 28.7 Å². The molecule has 0 atom stereocenters. The third kappa shape index (κ3) is 4.73. The molecule has 1 aromatic carbocycles. The number of rotatable bonds is 6. The highest BCUT2D eigenvalue weighted by molar-refractivity contribution is 7.99. The molecule has 0 aliphatic carbocycles. The smallest absolute Gasteiger partial charge is 0.276 e. The second kappa shape index (κ2) is 8.38. The summed E-state index contributed by atoms with van der Waals surface area (Å²) in [5.74, 6) is 0.912. The fraction of sp³-hybridized carbons (Fsp3) is 0.267. The van der Waals surface area contributed by atoms with Crippen molar-refractivity contribution in [3.05, 3.63) is 40.1 Å². The lowest BCUT2D eigenvalue weighted by molar-refractivity contribution is 0.102. The normalized spacial score (nSPS) is 10.4. The van der Waals surface area contributed by atoms with Crippen LogP contribution < -0.4 is 10.1 Å². The second-order valence-electron chi connectivity index (χ2n) is 4.50. The summed E-state index contributed by atoms with van der Waals surface area (Å²) in [5.41, 5.74) is 0.560. The van der Waals surface area contributed by atoms with Crippen molar-refractivity contribution in [1.29, 1.82) is 0 Å². The van der Waals surface area contributed by atoms with Gasteiger partial charge in [0.1, 0.15) is 5.75 Å². The van der Waals surface area contributed by atoms with Gasteiger partial charge in [0.15, 0.2) is 10.9 Å². The zero-order valence-electron chi connectivity index (χ0n) is 12.6. The van der Waals surface area contributed by atoms with Crippen molar-refractivity contribution >= 4 is 46.6 Å². The standard InChI is InChI=1S/C15H15Cl2N3O2S/c1-3-6-23-15-18-8-10(17)13(20-15)14(21)19-11-7-9(16)4-5-12(11)22-2/h4-5,7-8H,3,6H2,1-2H3,(H,19,21). The molecule has 0 spiro atoms. The summed E-state index contributed by atoms with van der Waals surface area (Å²) >= 11 is 13.5. The number of aromatic nitrogens is 2. The van der Waals surface area contributed by atoms with Gasteiger partial charge in [0.2, 0.25) is 0 Å². The zero-order valence-corrected chi connectivity index (χ0v) is 14.9. The summed E-state index contributed by atoms with van der Waals surface area (Å²) in [6.07, 6.45) is 2.41. The highest BCUT2D eigenvalue weighted by atomic mass is 35.5. The maximum absolute atomic E-state index is 12.4. The maximum Gasteiger partial charge on any atom is 0.276 e. The van der Waals surface area contributed by atoms with Gasteiger partial charge >= 0.3 is 0 Å². The van der Waals surface area contributed by atoms with E-state index in [0.29, 0.717) is 21.6 Å². The molecule has 2 rings (SSSR count). The molecule has 1 amide bonds. The molecule has 0 radical (unpaired) electrons. The van der Waals surface area contributed by atoms with Crippen LogP contribution in [0.5, 0.6) is 5.75 Å². The number of anilines is 1. The fourth-order valence-electron chi connectivity index (χ4n) is 1.73. The molecule has 5 nitrogen and oxygen atoms in total. The van der Waals surface area contributed by atoms with Gasteiger partial charge in [-0.3, -0.25) is 4.79 Å². The van der Waals surface area contributed by atoms with Crippen molar-refractivity contribution in [2.24, 2.45) is 0 Å². The molecule has 122 valence electrons. The van der Waals surface area contributed by atoms with Gasteiger partial charge in [-0.15, -0.1) is 0 Å². The topological polar surface area (TPSA) is 64.1 Å². The van der Waals surface area contributed by atoms with Gasteiger partial charge in [0.25, 0.3) is 5.91 Å². The van der Waals surface area contributed by atoms with Crippen LogP contribution in [-0.2, 0) is 0 Å². The first kappa shape index (κ1) is 17.8. The lowest BCUT2D eigenvalue weighted by atomic mass is 10.2. The second-order valence-corrected chi connectivity index (χ2v) is 6.40. The predicted molar refractivity (Wildman–Crippen MR) is 94.0 cm³/mol. The molecule has 0 bridgehead atoms. The molecular weight excluding hydrogens is 357 g/mol. The molecular formula is C15H15Cl2N3O2S. The first-order valence-corrected chi connectivity index (χ1v) is 8.59. The molecule has 0 saturated heterocycles. The van der Waals surface area contributed by atoms with Crippen molar-refractivity contribution in [3.63, 3.8) is 0 Å². The molecule has 0 saturated carbocycles. The van der Waals surface area contributed by atoms with E-state index >= 15 is 0 Å². The molecule has 0 fully saturated rings. The van der Waals surface area contributed by atoms with E-state index in [0.717, 1.165) is 12.2 Å². The third-order valence-electron chi connectivity index (χ3n) is 2.78. The summed E-state index contributed by atoms with van der Waals surface area (Å²) in [7, 11) is 1.51. The summed E-state index contributed by atoms with van der Waals surface area (Å²) in [5, 5.41) is 3.89. The quantitative estimate of drug-likeness (QED) is 0.596. The number of thioether (sulfide) groups is 1. The number of methoxy groups -OCH3 is 1. The number of halogens is 2. The van der Waals surface area contributed by atoms with Crippen LogP contribution in [0.3, 0.4) is 0 Å². The maximum atomic E-state index is 12.4. The van der Waals surface area contributed by atoms with Crippen molar-refractivity contribution in [3.8, 4) is 5.75 Å². The Bertz CT molecular complexity index is 713. The van der Waals surface area contributed by atoms with Crippen LogP contribution in [0.4, 0.5) is 5.69 Å². The van der Waals surface area contributed by atoms with Crippen LogP contribution in [0.25, 0.3) is 0 Å². The lowest BCUT2D eigenvalue weighted by Gasteiger charge is -2.11. The Kier molecular flexibility index (Phi) is 6.50. The number of ether oxygens (including phenoxy) is 1. The van der Waals surface area contributed by atoms with E-state index in [1.807, 2.05) is 0 Å². The minimum atomic E-state index is -0.448. The Hall–Kier alpha value is -1.50. The van der Waals surface area contributed by atoms with E-state index in [1.165, 1.54) is 25.1 Å². The van der Waals surface area contributed by atoms with Crippen molar-refractivity contribution in [1.82, 2.24) is 9.97 Å². The van der Waals surface area contributed by atoms with Gasteiger partial charge in [-0.1, -0.05) is 41.9 Å². The van der Waals surface area contributed by atoms with Crippen molar-refractivity contribution in [2.45, 2.75) is 18.5 Å². The monoisotopic (exact) mass is 371 g/mol. The molecule has 1 heterocycles. The number of benzene rings is 1. The van der Waals surface area contributed by atoms with Gasteiger partial charge < -0.3 is 10.1 Å². The first-order valence-electron chi connectivity index (χ1n) is 6.85. The van der Waals surface area contributed by atoms with E-state index in [-0.39, 0.29) is 10.7 Å². The van der Waals surface area contributed by atoms with E-state index in [2.05, 4.69) is 22.2 Å². The van der Waals surface area contributed by atoms with Gasteiger partial charge in [-0.05, 0) is 24.6 Å². The van der Waals surface area contributed by atoms with Gasteiger partial charge in [-0.2, -0.15) is 0 Å². The number of hydrogen-bond donors (Lipinski definition) is 1. The summed E-state index contributed by atoms with van der Waals surface area (Å²) in [6, 6.07) is 4.94. The van der Waals surface area contributed by atoms with Crippen LogP contribution >= 0.6 is 35.0 Å². The number of carbonyl (C=O) groups excluding carboxylic acids is 1. The van der Waals surface area contributed by atoms with Crippen molar-refractivity contribution < 1.29 is 9.53 Å². The van der Waals surface area contributed by atoms with Crippen LogP contribution in [0.1, 0.15) is 23.8 Å². The molecule has 8 heteroatoms. The summed E-state index contributed by atoms with van der Waals surface area (Å²) in [6.45, 7) is 2.06. The van der Waals surface area contributed by atoms with E-state index < -0.39 is 5.91 Å². The van der Waals surface area contributed by atoms with E-state index in [9.17, 15) is 4.79 Å². The van der Waals surface area contributed by atoms with Gasteiger partial charge in [-0.25, -0.2) is 9.97 Å². The summed E-state index contributed by atoms with van der Waals surface area (Å²) in [4.78, 5) is 20.8. The number of nitrogens with zero attached hydrogens (tertiary/aromatic N) is 2. The average molecular weight is 372 g/mol. The SMILES string of the molecule is CCCSc1ncc(Cl)c(C(=O)Nc2cc(Cl)ccc2OC)n1.